The van der Waals surface area contributed by atoms with Crippen molar-refractivity contribution in [3.8, 4) is 5.00 Å². The van der Waals surface area contributed by atoms with Crippen LogP contribution in [-0.4, -0.2) is 23.6 Å². The minimum absolute atomic E-state index is 0.0309. The van der Waals surface area contributed by atoms with Crippen LogP contribution in [0, 0.1) is 13.8 Å². The second kappa shape index (κ2) is 8.18. The lowest BCUT2D eigenvalue weighted by molar-refractivity contribution is 0.0917. The Balaban J connectivity index is 1.51. The van der Waals surface area contributed by atoms with E-state index in [1.165, 1.54) is 0 Å². The van der Waals surface area contributed by atoms with Crippen molar-refractivity contribution in [2.75, 3.05) is 13.2 Å². The topological polar surface area (TPSA) is 56.4 Å². The molecule has 3 rings (SSSR count). The van der Waals surface area contributed by atoms with Crippen LogP contribution in [0.15, 0.2) is 47.3 Å². The quantitative estimate of drug-likeness (QED) is 0.617. The van der Waals surface area contributed by atoms with Gasteiger partial charge in [0.2, 0.25) is 0 Å². The van der Waals surface area contributed by atoms with Crippen molar-refractivity contribution < 1.29 is 13.9 Å². The summed E-state index contributed by atoms with van der Waals surface area (Å²) >= 11 is 1.64. The third-order valence-corrected chi connectivity index (χ3v) is 5.23. The van der Waals surface area contributed by atoms with E-state index in [2.05, 4.69) is 5.32 Å². The summed E-state index contributed by atoms with van der Waals surface area (Å²) in [5.41, 5.74) is 1.80. The number of nitrogens with one attached hydrogen (secondary N) is 1. The number of hydrogen-bond acceptors (Lipinski definition) is 4. The number of carbonyl (C=O) groups excluding carboxylic acids is 1. The summed E-state index contributed by atoms with van der Waals surface area (Å²) in [6, 6.07) is 7.64. The average molecular weight is 358 g/mol. The molecule has 132 valence electrons. The Morgan fingerprint density at radius 3 is 2.80 bits per heavy atom. The van der Waals surface area contributed by atoms with Crippen molar-refractivity contribution in [1.82, 2.24) is 9.88 Å². The molecule has 6 heteroatoms. The summed E-state index contributed by atoms with van der Waals surface area (Å²) in [7, 11) is 0. The molecule has 5 nitrogen and oxygen atoms in total. The van der Waals surface area contributed by atoms with Gasteiger partial charge in [0.15, 0.2) is 0 Å². The van der Waals surface area contributed by atoms with E-state index in [4.69, 9.17) is 9.15 Å². The number of aryl methyl sites for hydroxylation is 1. The van der Waals surface area contributed by atoms with Crippen LogP contribution in [-0.2, 0) is 11.3 Å². The molecule has 0 radical (unpaired) electrons. The van der Waals surface area contributed by atoms with Gasteiger partial charge >= 0.3 is 0 Å². The van der Waals surface area contributed by atoms with E-state index < -0.39 is 0 Å². The second-order valence-corrected chi connectivity index (χ2v) is 7.00. The molecule has 0 spiro atoms. The number of hydrogen-bond donors (Lipinski definition) is 1. The Morgan fingerprint density at radius 1 is 1.28 bits per heavy atom. The molecule has 0 aliphatic carbocycles. The number of thiophene rings is 1. The molecule has 0 bridgehead atoms. The van der Waals surface area contributed by atoms with Gasteiger partial charge < -0.3 is 19.0 Å². The Hall–Kier alpha value is -2.31. The third-order valence-electron chi connectivity index (χ3n) is 4.01. The molecule has 25 heavy (non-hydrogen) atoms. The fourth-order valence-corrected chi connectivity index (χ4v) is 3.68. The first kappa shape index (κ1) is 17.5. The van der Waals surface area contributed by atoms with Crippen LogP contribution in [0.5, 0.6) is 0 Å². The van der Waals surface area contributed by atoms with E-state index >= 15 is 0 Å². The predicted molar refractivity (Wildman–Crippen MR) is 98.4 cm³/mol. The van der Waals surface area contributed by atoms with Crippen LogP contribution in [0.3, 0.4) is 0 Å². The molecule has 0 fully saturated rings. The van der Waals surface area contributed by atoms with Crippen LogP contribution in [0.4, 0.5) is 0 Å². The van der Waals surface area contributed by atoms with E-state index in [1.807, 2.05) is 55.1 Å². The highest BCUT2D eigenvalue weighted by molar-refractivity contribution is 7.15. The number of rotatable bonds is 8. The molecule has 0 aliphatic rings. The molecule has 0 aliphatic heterocycles. The van der Waals surface area contributed by atoms with Gasteiger partial charge in [0.05, 0.1) is 11.8 Å². The Bertz CT molecular complexity index is 804. The molecular formula is C19H22N2O3S. The van der Waals surface area contributed by atoms with E-state index in [9.17, 15) is 4.79 Å². The summed E-state index contributed by atoms with van der Waals surface area (Å²) in [5, 5.41) is 3.96. The minimum Gasteiger partial charge on any atom is -0.467 e. The lowest BCUT2D eigenvalue weighted by Crippen LogP contribution is -2.26. The summed E-state index contributed by atoms with van der Waals surface area (Å²) < 4.78 is 12.7. The van der Waals surface area contributed by atoms with Gasteiger partial charge in [-0.25, -0.2) is 0 Å². The first-order valence-corrected chi connectivity index (χ1v) is 9.10. The van der Waals surface area contributed by atoms with Crippen LogP contribution in [0.25, 0.3) is 5.00 Å². The van der Waals surface area contributed by atoms with Crippen molar-refractivity contribution >= 4 is 17.2 Å². The maximum atomic E-state index is 12.6. The molecule has 0 saturated heterocycles. The van der Waals surface area contributed by atoms with Gasteiger partial charge in [-0.15, -0.1) is 11.3 Å². The largest absolute Gasteiger partial charge is 0.467 e. The van der Waals surface area contributed by atoms with Gasteiger partial charge in [0.25, 0.3) is 5.91 Å². The number of furan rings is 1. The molecule has 1 N–H and O–H groups in total. The monoisotopic (exact) mass is 358 g/mol. The van der Waals surface area contributed by atoms with Crippen molar-refractivity contribution in [3.05, 3.63) is 64.7 Å². The fraction of sp³-hybridized carbons (Fsp3) is 0.316. The van der Waals surface area contributed by atoms with Crippen molar-refractivity contribution in [2.45, 2.75) is 26.9 Å². The molecule has 0 aromatic carbocycles. The van der Waals surface area contributed by atoms with E-state index in [0.717, 1.165) is 33.2 Å². The first-order chi connectivity index (χ1) is 12.2. The predicted octanol–water partition coefficient (Wildman–Crippen LogP) is 4.09. The van der Waals surface area contributed by atoms with Gasteiger partial charge in [0.1, 0.15) is 17.4 Å². The van der Waals surface area contributed by atoms with Crippen molar-refractivity contribution in [3.63, 3.8) is 0 Å². The van der Waals surface area contributed by atoms with Crippen molar-refractivity contribution in [1.29, 1.82) is 0 Å². The van der Waals surface area contributed by atoms with Gasteiger partial charge in [-0.3, -0.25) is 4.79 Å². The number of nitrogens with zero attached hydrogens (tertiary/aromatic N) is 1. The molecular weight excluding hydrogens is 336 g/mol. The zero-order valence-corrected chi connectivity index (χ0v) is 15.3. The summed E-state index contributed by atoms with van der Waals surface area (Å²) in [6.45, 7) is 5.66. The van der Waals surface area contributed by atoms with Crippen LogP contribution in [0.2, 0.25) is 0 Å². The standard InChI is InChI=1S/C19H22N2O3S/c1-14-15(2)25-19(21-9-3-4-10-21)17(14)18(22)20-8-6-11-23-13-16-7-5-12-24-16/h3-5,7,9-10,12H,6,8,11,13H2,1-2H3,(H,20,22). The highest BCUT2D eigenvalue weighted by Gasteiger charge is 2.20. The van der Waals surface area contributed by atoms with Gasteiger partial charge in [-0.2, -0.15) is 0 Å². The van der Waals surface area contributed by atoms with Crippen LogP contribution < -0.4 is 5.32 Å². The Morgan fingerprint density at radius 2 is 2.08 bits per heavy atom. The fourth-order valence-electron chi connectivity index (χ4n) is 2.56. The molecule has 3 aromatic rings. The summed E-state index contributed by atoms with van der Waals surface area (Å²) in [4.78, 5) is 13.8. The number of ether oxygens (including phenoxy) is 1. The van der Waals surface area contributed by atoms with E-state index in [0.29, 0.717) is 19.8 Å². The Labute approximate surface area is 151 Å². The smallest absolute Gasteiger partial charge is 0.254 e. The lowest BCUT2D eigenvalue weighted by atomic mass is 10.1. The summed E-state index contributed by atoms with van der Waals surface area (Å²) in [5.74, 6) is 0.779. The number of aromatic nitrogens is 1. The van der Waals surface area contributed by atoms with Gasteiger partial charge in [-0.1, -0.05) is 0 Å². The van der Waals surface area contributed by atoms with Gasteiger partial charge in [-0.05, 0) is 50.1 Å². The van der Waals surface area contributed by atoms with Crippen LogP contribution >= 0.6 is 11.3 Å². The molecule has 0 atom stereocenters. The number of carbonyl (C=O) groups is 1. The molecule has 3 heterocycles. The van der Waals surface area contributed by atoms with Gasteiger partial charge in [0, 0.05) is 30.4 Å². The minimum atomic E-state index is -0.0309. The average Bonchev–Trinajstić information content (AvgIpc) is 3.33. The molecule has 0 saturated carbocycles. The highest BCUT2D eigenvalue weighted by atomic mass is 32.1. The molecule has 1 amide bonds. The third kappa shape index (κ3) is 4.21. The van der Waals surface area contributed by atoms with Crippen molar-refractivity contribution in [2.24, 2.45) is 0 Å². The summed E-state index contributed by atoms with van der Waals surface area (Å²) in [6.07, 6.45) is 6.31. The molecule has 3 aromatic heterocycles. The maximum absolute atomic E-state index is 12.6. The normalized spacial score (nSPS) is 11.0. The highest BCUT2D eigenvalue weighted by Crippen LogP contribution is 2.30. The molecule has 0 unspecified atom stereocenters. The lowest BCUT2D eigenvalue weighted by Gasteiger charge is -2.08. The van der Waals surface area contributed by atoms with E-state index in [-0.39, 0.29) is 5.91 Å². The zero-order valence-electron chi connectivity index (χ0n) is 14.5. The zero-order chi connectivity index (χ0) is 17.6. The first-order valence-electron chi connectivity index (χ1n) is 8.28. The van der Waals surface area contributed by atoms with Crippen LogP contribution in [0.1, 0.15) is 33.0 Å². The van der Waals surface area contributed by atoms with E-state index in [1.54, 1.807) is 17.6 Å². The SMILES string of the molecule is Cc1sc(-n2cccc2)c(C(=O)NCCCOCc2ccco2)c1C. The maximum Gasteiger partial charge on any atom is 0.254 e. The Kier molecular flexibility index (Phi) is 5.73. The number of amides is 1. The second-order valence-electron chi connectivity index (χ2n) is 5.80.